The third-order valence-electron chi connectivity index (χ3n) is 4.53. The summed E-state index contributed by atoms with van der Waals surface area (Å²) in [6.45, 7) is 4.32. The van der Waals surface area contributed by atoms with E-state index < -0.39 is 0 Å². The third kappa shape index (κ3) is 2.12. The summed E-state index contributed by atoms with van der Waals surface area (Å²) < 4.78 is 0. The zero-order valence-corrected chi connectivity index (χ0v) is 11.1. The minimum Gasteiger partial charge on any atom is -0.393 e. The number of nitrogens with zero attached hydrogens (tertiary/aromatic N) is 1. The van der Waals surface area contributed by atoms with Gasteiger partial charge < -0.3 is 10.4 Å². The van der Waals surface area contributed by atoms with Crippen molar-refractivity contribution in [1.82, 2.24) is 4.98 Å². The van der Waals surface area contributed by atoms with Gasteiger partial charge in [-0.1, -0.05) is 13.8 Å². The Morgan fingerprint density at radius 3 is 2.72 bits per heavy atom. The average Bonchev–Trinajstić information content (AvgIpc) is 2.63. The molecule has 18 heavy (non-hydrogen) atoms. The molecule has 2 unspecified atom stereocenters. The van der Waals surface area contributed by atoms with Crippen molar-refractivity contribution in [2.75, 3.05) is 5.32 Å². The molecule has 2 N–H and O–H groups in total. The molecule has 0 amide bonds. The lowest BCUT2D eigenvalue weighted by molar-refractivity contribution is 0.178. The molecule has 1 aromatic heterocycles. The maximum atomic E-state index is 9.65. The number of aromatic nitrogens is 1. The van der Waals surface area contributed by atoms with Gasteiger partial charge in [0.15, 0.2) is 0 Å². The molecule has 3 nitrogen and oxygen atoms in total. The van der Waals surface area contributed by atoms with Crippen molar-refractivity contribution in [2.24, 2.45) is 11.8 Å². The van der Waals surface area contributed by atoms with Gasteiger partial charge in [-0.25, -0.2) is 0 Å². The zero-order valence-electron chi connectivity index (χ0n) is 11.1. The van der Waals surface area contributed by atoms with E-state index in [-0.39, 0.29) is 6.10 Å². The molecule has 2 saturated carbocycles. The second-order valence-corrected chi connectivity index (χ2v) is 6.16. The van der Waals surface area contributed by atoms with Crippen LogP contribution in [-0.2, 0) is 0 Å². The van der Waals surface area contributed by atoms with Gasteiger partial charge in [0.25, 0.3) is 0 Å². The van der Waals surface area contributed by atoms with Crippen molar-refractivity contribution in [3.63, 3.8) is 0 Å². The monoisotopic (exact) mass is 246 g/mol. The lowest BCUT2D eigenvalue weighted by atomic mass is 9.71. The van der Waals surface area contributed by atoms with Crippen molar-refractivity contribution in [1.29, 1.82) is 0 Å². The Balaban J connectivity index is 1.60. The second kappa shape index (κ2) is 4.54. The summed E-state index contributed by atoms with van der Waals surface area (Å²) in [5, 5.41) is 13.2. The standard InChI is InChI=1S/C15H22N2O/c1-9(2)14-4-3-11(8-16-14)17-15-6-10-5-12(18)7-13(10)15/h3-4,8-10,12-13,15,17-18H,5-7H2,1-2H3/t10-,12-,13?,15?/m1/s1. The van der Waals surface area contributed by atoms with Crippen molar-refractivity contribution >= 4 is 5.69 Å². The minimum atomic E-state index is -0.0618. The number of anilines is 1. The Labute approximate surface area is 109 Å². The molecular formula is C15H22N2O. The van der Waals surface area contributed by atoms with Crippen LogP contribution in [0.1, 0.15) is 44.7 Å². The summed E-state index contributed by atoms with van der Waals surface area (Å²) in [6.07, 6.45) is 5.06. The molecule has 0 saturated heterocycles. The largest absolute Gasteiger partial charge is 0.393 e. The average molecular weight is 246 g/mol. The van der Waals surface area contributed by atoms with Crippen LogP contribution < -0.4 is 5.32 Å². The maximum absolute atomic E-state index is 9.65. The number of hydrogen-bond acceptors (Lipinski definition) is 3. The van der Waals surface area contributed by atoms with Gasteiger partial charge in [0, 0.05) is 11.7 Å². The Bertz CT molecular complexity index is 415. The van der Waals surface area contributed by atoms with E-state index in [1.807, 2.05) is 6.20 Å². The molecule has 2 aliphatic carbocycles. The molecule has 98 valence electrons. The van der Waals surface area contributed by atoms with Crippen molar-refractivity contribution < 1.29 is 5.11 Å². The van der Waals surface area contributed by atoms with E-state index in [4.69, 9.17) is 0 Å². The van der Waals surface area contributed by atoms with Crippen LogP contribution >= 0.6 is 0 Å². The summed E-state index contributed by atoms with van der Waals surface area (Å²) in [7, 11) is 0. The topological polar surface area (TPSA) is 45.1 Å². The molecule has 2 aliphatic rings. The highest BCUT2D eigenvalue weighted by Gasteiger charge is 2.47. The van der Waals surface area contributed by atoms with Crippen LogP contribution in [0.2, 0.25) is 0 Å². The first-order valence-corrected chi connectivity index (χ1v) is 7.04. The summed E-state index contributed by atoms with van der Waals surface area (Å²) >= 11 is 0. The van der Waals surface area contributed by atoms with Crippen LogP contribution in [0.4, 0.5) is 5.69 Å². The third-order valence-corrected chi connectivity index (χ3v) is 4.53. The number of aliphatic hydroxyl groups excluding tert-OH is 1. The number of fused-ring (bicyclic) bond motifs is 1. The number of nitrogens with one attached hydrogen (secondary N) is 1. The smallest absolute Gasteiger partial charge is 0.0546 e. The maximum Gasteiger partial charge on any atom is 0.0546 e. The van der Waals surface area contributed by atoms with Crippen molar-refractivity contribution in [2.45, 2.75) is 51.2 Å². The van der Waals surface area contributed by atoms with Gasteiger partial charge in [-0.3, -0.25) is 4.98 Å². The highest BCUT2D eigenvalue weighted by molar-refractivity contribution is 5.43. The van der Waals surface area contributed by atoms with Gasteiger partial charge in [-0.05, 0) is 49.1 Å². The van der Waals surface area contributed by atoms with E-state index in [0.29, 0.717) is 17.9 Å². The molecule has 2 fully saturated rings. The van der Waals surface area contributed by atoms with Gasteiger partial charge in [0.2, 0.25) is 0 Å². The first-order chi connectivity index (χ1) is 8.63. The summed E-state index contributed by atoms with van der Waals surface area (Å²) in [4.78, 5) is 4.48. The molecule has 0 radical (unpaired) electrons. The van der Waals surface area contributed by atoms with Gasteiger partial charge in [-0.2, -0.15) is 0 Å². The molecular weight excluding hydrogens is 224 g/mol. The summed E-state index contributed by atoms with van der Waals surface area (Å²) in [6, 6.07) is 4.77. The first kappa shape index (κ1) is 12.0. The number of hydrogen-bond donors (Lipinski definition) is 2. The van der Waals surface area contributed by atoms with E-state index in [0.717, 1.165) is 30.1 Å². The lowest BCUT2D eigenvalue weighted by Crippen LogP contribution is -2.43. The van der Waals surface area contributed by atoms with Gasteiger partial charge in [0.05, 0.1) is 18.0 Å². The SMILES string of the molecule is CC(C)c1ccc(NC2C[C@H]3C[C@@H](O)CC23)cn1. The first-order valence-electron chi connectivity index (χ1n) is 7.04. The fraction of sp³-hybridized carbons (Fsp3) is 0.667. The summed E-state index contributed by atoms with van der Waals surface area (Å²) in [5.41, 5.74) is 2.26. The van der Waals surface area contributed by atoms with E-state index >= 15 is 0 Å². The van der Waals surface area contributed by atoms with Crippen LogP contribution in [0.15, 0.2) is 18.3 Å². The fourth-order valence-electron chi connectivity index (χ4n) is 3.41. The molecule has 1 heterocycles. The highest BCUT2D eigenvalue weighted by atomic mass is 16.3. The van der Waals surface area contributed by atoms with E-state index in [9.17, 15) is 5.11 Å². The highest BCUT2D eigenvalue weighted by Crippen LogP contribution is 2.48. The molecule has 3 rings (SSSR count). The van der Waals surface area contributed by atoms with E-state index in [1.165, 1.54) is 6.42 Å². The quantitative estimate of drug-likeness (QED) is 0.862. The molecule has 0 aromatic carbocycles. The van der Waals surface area contributed by atoms with E-state index in [2.05, 4.69) is 36.3 Å². The molecule has 0 spiro atoms. The normalized spacial score (nSPS) is 34.2. The predicted molar refractivity (Wildman–Crippen MR) is 72.6 cm³/mol. The minimum absolute atomic E-state index is 0.0618. The van der Waals surface area contributed by atoms with Crippen LogP contribution in [0.25, 0.3) is 0 Å². The fourth-order valence-corrected chi connectivity index (χ4v) is 3.41. The van der Waals surface area contributed by atoms with Crippen LogP contribution in [0.3, 0.4) is 0 Å². The second-order valence-electron chi connectivity index (χ2n) is 6.16. The van der Waals surface area contributed by atoms with Gasteiger partial charge >= 0.3 is 0 Å². The number of rotatable bonds is 3. The Morgan fingerprint density at radius 1 is 1.28 bits per heavy atom. The van der Waals surface area contributed by atoms with Gasteiger partial charge in [-0.15, -0.1) is 0 Å². The Morgan fingerprint density at radius 2 is 2.11 bits per heavy atom. The van der Waals surface area contributed by atoms with Crippen LogP contribution in [0.5, 0.6) is 0 Å². The predicted octanol–water partition coefficient (Wildman–Crippen LogP) is 2.78. The van der Waals surface area contributed by atoms with E-state index in [1.54, 1.807) is 0 Å². The molecule has 1 aromatic rings. The molecule has 3 heteroatoms. The van der Waals surface area contributed by atoms with Crippen LogP contribution in [-0.4, -0.2) is 22.2 Å². The van der Waals surface area contributed by atoms with Crippen molar-refractivity contribution in [3.05, 3.63) is 24.0 Å². The number of pyridine rings is 1. The zero-order chi connectivity index (χ0) is 12.7. The lowest BCUT2D eigenvalue weighted by Gasteiger charge is -2.41. The Hall–Kier alpha value is -1.09. The van der Waals surface area contributed by atoms with Crippen LogP contribution in [0, 0.1) is 11.8 Å². The Kier molecular flexibility index (Phi) is 3.02. The molecule has 4 atom stereocenters. The summed E-state index contributed by atoms with van der Waals surface area (Å²) in [5.74, 6) is 1.90. The van der Waals surface area contributed by atoms with Gasteiger partial charge in [0.1, 0.15) is 0 Å². The molecule has 0 aliphatic heterocycles. The molecule has 0 bridgehead atoms. The number of aliphatic hydroxyl groups is 1. The van der Waals surface area contributed by atoms with Crippen molar-refractivity contribution in [3.8, 4) is 0 Å².